The largest absolute Gasteiger partial charge is 0.451 e. The Kier molecular flexibility index (Phi) is 3.11. The number of likely N-dealkylation sites (N-methyl/N-ethyl adjacent to an activating group) is 1. The predicted octanol–water partition coefficient (Wildman–Crippen LogP) is 3.21. The number of fused-ring (bicyclic) bond motifs is 1. The van der Waals surface area contributed by atoms with Crippen LogP contribution < -0.4 is 5.32 Å². The van der Waals surface area contributed by atoms with Crippen LogP contribution in [0.1, 0.15) is 11.3 Å². The normalized spacial score (nSPS) is 12.2. The summed E-state index contributed by atoms with van der Waals surface area (Å²) in [5.41, 5.74) is 1.24. The number of hydrogen-bond acceptors (Lipinski definition) is 2. The molecule has 0 unspecified atom stereocenters. The van der Waals surface area contributed by atoms with Crippen molar-refractivity contribution in [2.75, 3.05) is 13.6 Å². The third kappa shape index (κ3) is 2.61. The second-order valence-electron chi connectivity index (χ2n) is 3.83. The summed E-state index contributed by atoms with van der Waals surface area (Å²) in [6.07, 6.45) is -3.67. The van der Waals surface area contributed by atoms with Gasteiger partial charge in [0.15, 0.2) is 0 Å². The van der Waals surface area contributed by atoms with Crippen molar-refractivity contribution in [1.29, 1.82) is 0 Å². The minimum absolute atomic E-state index is 0.283. The van der Waals surface area contributed by atoms with Crippen LogP contribution in [0.5, 0.6) is 0 Å². The zero-order chi connectivity index (χ0) is 12.5. The molecule has 0 radical (unpaired) electrons. The van der Waals surface area contributed by atoms with Gasteiger partial charge in [0.2, 0.25) is 5.76 Å². The van der Waals surface area contributed by atoms with Gasteiger partial charge in [-0.3, -0.25) is 0 Å². The number of rotatable bonds is 3. The minimum Gasteiger partial charge on any atom is -0.451 e. The van der Waals surface area contributed by atoms with Crippen molar-refractivity contribution in [2.24, 2.45) is 0 Å². The van der Waals surface area contributed by atoms with Crippen molar-refractivity contribution in [1.82, 2.24) is 5.32 Å². The summed E-state index contributed by atoms with van der Waals surface area (Å²) in [7, 11) is 1.83. The van der Waals surface area contributed by atoms with Crippen LogP contribution in [0.3, 0.4) is 0 Å². The first-order valence-corrected chi connectivity index (χ1v) is 5.25. The molecule has 0 aliphatic carbocycles. The average molecular weight is 243 g/mol. The van der Waals surface area contributed by atoms with Crippen LogP contribution in [-0.2, 0) is 12.6 Å². The van der Waals surface area contributed by atoms with Gasteiger partial charge in [0.1, 0.15) is 5.58 Å². The maximum absolute atomic E-state index is 12.4. The van der Waals surface area contributed by atoms with Crippen LogP contribution in [0.4, 0.5) is 13.2 Å². The van der Waals surface area contributed by atoms with E-state index in [9.17, 15) is 13.2 Å². The SMILES string of the molecule is CNCCc1ccc2cc(C(F)(F)F)oc2c1. The first-order chi connectivity index (χ1) is 8.00. The van der Waals surface area contributed by atoms with Gasteiger partial charge in [-0.1, -0.05) is 12.1 Å². The molecule has 1 aromatic heterocycles. The fourth-order valence-corrected chi connectivity index (χ4v) is 1.64. The van der Waals surface area contributed by atoms with Crippen LogP contribution in [-0.4, -0.2) is 13.6 Å². The molecule has 5 heteroatoms. The van der Waals surface area contributed by atoms with Gasteiger partial charge in [0.05, 0.1) is 0 Å². The zero-order valence-corrected chi connectivity index (χ0v) is 9.27. The van der Waals surface area contributed by atoms with Crippen LogP contribution in [0.25, 0.3) is 11.0 Å². The van der Waals surface area contributed by atoms with Gasteiger partial charge in [0, 0.05) is 5.39 Å². The fraction of sp³-hybridized carbons (Fsp3) is 0.333. The standard InChI is InChI=1S/C12H12F3NO/c1-16-5-4-8-2-3-9-7-11(12(13,14)15)17-10(9)6-8/h2-3,6-7,16H,4-5H2,1H3. The highest BCUT2D eigenvalue weighted by atomic mass is 19.4. The van der Waals surface area contributed by atoms with E-state index < -0.39 is 11.9 Å². The Balaban J connectivity index is 2.34. The second-order valence-corrected chi connectivity index (χ2v) is 3.83. The Labute approximate surface area is 96.4 Å². The van der Waals surface area contributed by atoms with E-state index in [0.29, 0.717) is 5.39 Å². The van der Waals surface area contributed by atoms with Gasteiger partial charge in [-0.15, -0.1) is 0 Å². The molecule has 0 aliphatic heterocycles. The fourth-order valence-electron chi connectivity index (χ4n) is 1.64. The Bertz CT molecular complexity index is 516. The van der Waals surface area contributed by atoms with Gasteiger partial charge in [-0.05, 0) is 37.7 Å². The molecule has 0 aliphatic rings. The highest BCUT2D eigenvalue weighted by Gasteiger charge is 2.35. The van der Waals surface area contributed by atoms with Crippen molar-refractivity contribution in [3.8, 4) is 0 Å². The van der Waals surface area contributed by atoms with Gasteiger partial charge in [-0.2, -0.15) is 13.2 Å². The van der Waals surface area contributed by atoms with E-state index in [1.54, 1.807) is 12.1 Å². The summed E-state index contributed by atoms with van der Waals surface area (Å²) < 4.78 is 42.1. The first kappa shape index (κ1) is 12.0. The molecule has 0 bridgehead atoms. The number of halogens is 3. The Morgan fingerprint density at radius 1 is 1.24 bits per heavy atom. The third-order valence-corrected chi connectivity index (χ3v) is 2.53. The van der Waals surface area contributed by atoms with Crippen molar-refractivity contribution in [2.45, 2.75) is 12.6 Å². The summed E-state index contributed by atoms with van der Waals surface area (Å²) in [5.74, 6) is -0.946. The topological polar surface area (TPSA) is 25.2 Å². The molecule has 17 heavy (non-hydrogen) atoms. The second kappa shape index (κ2) is 4.41. The molecule has 1 heterocycles. The maximum atomic E-state index is 12.4. The highest BCUT2D eigenvalue weighted by Crippen LogP contribution is 2.33. The van der Waals surface area contributed by atoms with Crippen molar-refractivity contribution in [3.63, 3.8) is 0 Å². The van der Waals surface area contributed by atoms with E-state index in [4.69, 9.17) is 4.42 Å². The summed E-state index contributed by atoms with van der Waals surface area (Å²) >= 11 is 0. The molecule has 0 saturated heterocycles. The van der Waals surface area contributed by atoms with Crippen molar-refractivity contribution >= 4 is 11.0 Å². The van der Waals surface area contributed by atoms with Crippen LogP contribution >= 0.6 is 0 Å². The van der Waals surface area contributed by atoms with Crippen molar-refractivity contribution < 1.29 is 17.6 Å². The quantitative estimate of drug-likeness (QED) is 0.895. The predicted molar refractivity (Wildman–Crippen MR) is 58.8 cm³/mol. The molecule has 2 nitrogen and oxygen atoms in total. The Hall–Kier alpha value is -1.49. The van der Waals surface area contributed by atoms with E-state index in [0.717, 1.165) is 24.6 Å². The van der Waals surface area contributed by atoms with E-state index in [-0.39, 0.29) is 5.58 Å². The number of hydrogen-bond donors (Lipinski definition) is 1. The summed E-state index contributed by atoms with van der Waals surface area (Å²) in [6.45, 7) is 0.776. The average Bonchev–Trinajstić information content (AvgIpc) is 2.68. The lowest BCUT2D eigenvalue weighted by molar-refractivity contribution is -0.152. The molecule has 2 aromatic rings. The molecule has 0 fully saturated rings. The Morgan fingerprint density at radius 2 is 2.00 bits per heavy atom. The molecule has 0 atom stereocenters. The van der Waals surface area contributed by atoms with Gasteiger partial charge in [0.25, 0.3) is 0 Å². The van der Waals surface area contributed by atoms with E-state index in [1.807, 2.05) is 13.1 Å². The summed E-state index contributed by atoms with van der Waals surface area (Å²) in [4.78, 5) is 0. The molecule has 2 rings (SSSR count). The van der Waals surface area contributed by atoms with Crippen LogP contribution in [0.2, 0.25) is 0 Å². The molecule has 1 aromatic carbocycles. The molecular weight excluding hydrogens is 231 g/mol. The lowest BCUT2D eigenvalue weighted by Gasteiger charge is -2.00. The molecule has 0 saturated carbocycles. The van der Waals surface area contributed by atoms with Gasteiger partial charge >= 0.3 is 6.18 Å². The summed E-state index contributed by atoms with van der Waals surface area (Å²) in [5, 5.41) is 3.46. The minimum atomic E-state index is -4.43. The molecule has 92 valence electrons. The first-order valence-electron chi connectivity index (χ1n) is 5.25. The number of benzene rings is 1. The molecule has 1 N–H and O–H groups in total. The lowest BCUT2D eigenvalue weighted by atomic mass is 10.1. The Morgan fingerprint density at radius 3 is 2.65 bits per heavy atom. The van der Waals surface area contributed by atoms with Crippen molar-refractivity contribution in [3.05, 3.63) is 35.6 Å². The van der Waals surface area contributed by atoms with Gasteiger partial charge < -0.3 is 9.73 Å². The number of nitrogens with one attached hydrogen (secondary N) is 1. The van der Waals surface area contributed by atoms with E-state index >= 15 is 0 Å². The highest BCUT2D eigenvalue weighted by molar-refractivity contribution is 5.78. The van der Waals surface area contributed by atoms with E-state index in [1.165, 1.54) is 0 Å². The summed E-state index contributed by atoms with van der Waals surface area (Å²) in [6, 6.07) is 6.15. The molecule has 0 spiro atoms. The zero-order valence-electron chi connectivity index (χ0n) is 9.27. The number of alkyl halides is 3. The smallest absolute Gasteiger partial charge is 0.449 e. The maximum Gasteiger partial charge on any atom is 0.449 e. The third-order valence-electron chi connectivity index (χ3n) is 2.53. The number of furan rings is 1. The van der Waals surface area contributed by atoms with Crippen LogP contribution in [0.15, 0.2) is 28.7 Å². The lowest BCUT2D eigenvalue weighted by Crippen LogP contribution is -2.09. The van der Waals surface area contributed by atoms with E-state index in [2.05, 4.69) is 5.32 Å². The van der Waals surface area contributed by atoms with Crippen LogP contribution in [0, 0.1) is 0 Å². The monoisotopic (exact) mass is 243 g/mol. The molecular formula is C12H12F3NO. The van der Waals surface area contributed by atoms with Gasteiger partial charge in [-0.25, -0.2) is 0 Å². The molecule has 0 amide bonds.